The number of hydrogen-bond acceptors (Lipinski definition) is 5. The molecule has 8 heteroatoms. The number of Topliss-reactive ketones (excluding diaryl/α,β-unsaturated/α-hetero) is 1. The highest BCUT2D eigenvalue weighted by molar-refractivity contribution is 6.21. The molecule has 1 N–H and O–H groups in total. The van der Waals surface area contributed by atoms with Crippen molar-refractivity contribution in [2.75, 3.05) is 11.9 Å². The zero-order chi connectivity index (χ0) is 19.4. The van der Waals surface area contributed by atoms with Crippen LogP contribution in [-0.2, 0) is 7.05 Å². The maximum Gasteiger partial charge on any atom is 0.185 e. The molecule has 2 aromatic carbocycles. The molecule has 0 fully saturated rings. The summed E-state index contributed by atoms with van der Waals surface area (Å²) in [4.78, 5) is 21.3. The molecule has 1 aromatic heterocycles. The second-order valence-corrected chi connectivity index (χ2v) is 6.89. The zero-order valence-electron chi connectivity index (χ0n) is 14.9. The quantitative estimate of drug-likeness (QED) is 0.743. The third-order valence-electron chi connectivity index (χ3n) is 5.25. The fourth-order valence-corrected chi connectivity index (χ4v) is 4.00. The van der Waals surface area contributed by atoms with Crippen molar-refractivity contribution in [1.82, 2.24) is 14.8 Å². The average Bonchev–Trinajstić information content (AvgIpc) is 3.10. The maximum atomic E-state index is 14.2. The Morgan fingerprint density at radius 2 is 1.93 bits per heavy atom. The fourth-order valence-electron chi connectivity index (χ4n) is 4.00. The van der Waals surface area contributed by atoms with Crippen LogP contribution < -0.4 is 5.32 Å². The van der Waals surface area contributed by atoms with E-state index in [2.05, 4.69) is 20.4 Å². The Labute approximate surface area is 158 Å². The Morgan fingerprint density at radius 3 is 2.64 bits per heavy atom. The van der Waals surface area contributed by atoms with Crippen molar-refractivity contribution in [3.05, 3.63) is 76.9 Å². The molecule has 5 rings (SSSR count). The number of aromatic nitrogens is 3. The largest absolute Gasteiger partial charge is 0.376 e. The SMILES string of the molecule is Cn1ncnc1[C@@H]1C2=NCC(=O)c3cc(F)cc(c32)NC1c1ccc(F)cc1. The number of rotatable bonds is 2. The van der Waals surface area contributed by atoms with Gasteiger partial charge in [-0.3, -0.25) is 14.5 Å². The predicted octanol–water partition coefficient (Wildman–Crippen LogP) is 3.03. The molecule has 3 heterocycles. The lowest BCUT2D eigenvalue weighted by atomic mass is 9.78. The van der Waals surface area contributed by atoms with E-state index in [1.165, 1.54) is 30.6 Å². The van der Waals surface area contributed by atoms with Crippen molar-refractivity contribution in [1.29, 1.82) is 0 Å². The Bertz CT molecular complexity index is 1140. The van der Waals surface area contributed by atoms with E-state index in [9.17, 15) is 13.6 Å². The highest BCUT2D eigenvalue weighted by Crippen LogP contribution is 2.44. The van der Waals surface area contributed by atoms with Gasteiger partial charge in [0.2, 0.25) is 0 Å². The summed E-state index contributed by atoms with van der Waals surface area (Å²) >= 11 is 0. The molecule has 2 atom stereocenters. The van der Waals surface area contributed by atoms with E-state index in [0.717, 1.165) is 5.56 Å². The standard InChI is InChI=1S/C20H15F2N5O/c1-27-20(24-9-25-27)17-18(10-2-4-11(21)5-3-10)26-14-7-12(22)6-13-15(28)8-23-19(17)16(13)14/h2-7,9,17-18,26H,8H2,1H3/t17-,18?/m0/s1. The molecule has 0 saturated heterocycles. The third kappa shape index (κ3) is 2.45. The van der Waals surface area contributed by atoms with Gasteiger partial charge in [-0.2, -0.15) is 5.10 Å². The minimum absolute atomic E-state index is 0.0459. The van der Waals surface area contributed by atoms with Gasteiger partial charge < -0.3 is 5.32 Å². The summed E-state index contributed by atoms with van der Waals surface area (Å²) in [6, 6.07) is 8.34. The lowest BCUT2D eigenvalue weighted by Crippen LogP contribution is -2.37. The highest BCUT2D eigenvalue weighted by atomic mass is 19.1. The molecule has 0 saturated carbocycles. The number of hydrogen-bond donors (Lipinski definition) is 1. The number of nitrogens with zero attached hydrogens (tertiary/aromatic N) is 4. The van der Waals surface area contributed by atoms with E-state index in [-0.39, 0.29) is 30.1 Å². The molecule has 2 aliphatic rings. The number of anilines is 1. The molecule has 0 radical (unpaired) electrons. The lowest BCUT2D eigenvalue weighted by molar-refractivity contribution is 0.0999. The first-order chi connectivity index (χ1) is 13.5. The number of benzene rings is 2. The average molecular weight is 379 g/mol. The van der Waals surface area contributed by atoms with Crippen LogP contribution in [0.15, 0.2) is 47.7 Å². The molecule has 0 bridgehead atoms. The second kappa shape index (κ2) is 6.05. The van der Waals surface area contributed by atoms with Crippen LogP contribution in [0.4, 0.5) is 14.5 Å². The number of nitrogens with one attached hydrogen (secondary N) is 1. The minimum atomic E-state index is -0.495. The van der Waals surface area contributed by atoms with Gasteiger partial charge in [0.25, 0.3) is 0 Å². The molecule has 6 nitrogen and oxygen atoms in total. The van der Waals surface area contributed by atoms with Crippen LogP contribution in [0.3, 0.4) is 0 Å². The molecule has 2 aliphatic heterocycles. The Balaban J connectivity index is 1.76. The van der Waals surface area contributed by atoms with E-state index in [1.807, 2.05) is 0 Å². The van der Waals surface area contributed by atoms with Gasteiger partial charge in [-0.1, -0.05) is 12.1 Å². The first-order valence-corrected chi connectivity index (χ1v) is 8.80. The molecule has 0 spiro atoms. The summed E-state index contributed by atoms with van der Waals surface area (Å²) in [6.07, 6.45) is 1.45. The van der Waals surface area contributed by atoms with Gasteiger partial charge in [0.1, 0.15) is 30.3 Å². The van der Waals surface area contributed by atoms with Gasteiger partial charge in [0, 0.05) is 23.9 Å². The van der Waals surface area contributed by atoms with Gasteiger partial charge >= 0.3 is 0 Å². The van der Waals surface area contributed by atoms with Crippen molar-refractivity contribution in [3.8, 4) is 0 Å². The number of ketones is 1. The summed E-state index contributed by atoms with van der Waals surface area (Å²) in [5.74, 6) is -0.785. The monoisotopic (exact) mass is 379 g/mol. The van der Waals surface area contributed by atoms with Gasteiger partial charge in [-0.25, -0.2) is 13.8 Å². The molecule has 1 unspecified atom stereocenters. The van der Waals surface area contributed by atoms with Crippen molar-refractivity contribution >= 4 is 17.2 Å². The molecular formula is C20H15F2N5O. The van der Waals surface area contributed by atoms with E-state index < -0.39 is 5.82 Å². The topological polar surface area (TPSA) is 72.2 Å². The fraction of sp³-hybridized carbons (Fsp3) is 0.200. The van der Waals surface area contributed by atoms with Crippen molar-refractivity contribution in [2.45, 2.75) is 12.0 Å². The Hall–Kier alpha value is -3.42. The highest BCUT2D eigenvalue weighted by Gasteiger charge is 2.42. The zero-order valence-corrected chi connectivity index (χ0v) is 14.9. The van der Waals surface area contributed by atoms with Crippen LogP contribution in [0, 0.1) is 11.6 Å². The summed E-state index contributed by atoms with van der Waals surface area (Å²) < 4.78 is 29.3. The first kappa shape index (κ1) is 16.7. The van der Waals surface area contributed by atoms with Gasteiger partial charge in [0.05, 0.1) is 17.7 Å². The van der Waals surface area contributed by atoms with Crippen molar-refractivity contribution < 1.29 is 13.6 Å². The maximum absolute atomic E-state index is 14.2. The van der Waals surface area contributed by atoms with Crippen molar-refractivity contribution in [2.24, 2.45) is 12.0 Å². The molecule has 0 aliphatic carbocycles. The van der Waals surface area contributed by atoms with E-state index >= 15 is 0 Å². The van der Waals surface area contributed by atoms with Crippen LogP contribution in [0.5, 0.6) is 0 Å². The lowest BCUT2D eigenvalue weighted by Gasteiger charge is -2.37. The number of carbonyl (C=O) groups is 1. The van der Waals surface area contributed by atoms with Crippen LogP contribution in [0.2, 0.25) is 0 Å². The molecule has 28 heavy (non-hydrogen) atoms. The Kier molecular flexibility index (Phi) is 3.61. The predicted molar refractivity (Wildman–Crippen MR) is 98.6 cm³/mol. The molecule has 3 aromatic rings. The van der Waals surface area contributed by atoms with Crippen molar-refractivity contribution in [3.63, 3.8) is 0 Å². The van der Waals surface area contributed by atoms with Gasteiger partial charge in [-0.15, -0.1) is 0 Å². The number of carbonyl (C=O) groups excluding carboxylic acids is 1. The smallest absolute Gasteiger partial charge is 0.185 e. The summed E-state index contributed by atoms with van der Waals surface area (Å²) in [6.45, 7) is -0.0459. The Morgan fingerprint density at radius 1 is 1.14 bits per heavy atom. The van der Waals surface area contributed by atoms with E-state index in [4.69, 9.17) is 0 Å². The van der Waals surface area contributed by atoms with Gasteiger partial charge in [-0.05, 0) is 29.8 Å². The second-order valence-electron chi connectivity index (χ2n) is 6.89. The normalized spacial score (nSPS) is 20.4. The van der Waals surface area contributed by atoms with Crippen LogP contribution >= 0.6 is 0 Å². The van der Waals surface area contributed by atoms with E-state index in [1.54, 1.807) is 23.9 Å². The number of aliphatic imine (C=N–C) groups is 1. The third-order valence-corrected chi connectivity index (χ3v) is 5.25. The van der Waals surface area contributed by atoms with Crippen LogP contribution in [0.25, 0.3) is 0 Å². The summed E-state index contributed by atoms with van der Waals surface area (Å²) in [5, 5.41) is 7.49. The summed E-state index contributed by atoms with van der Waals surface area (Å²) in [5.41, 5.74) is 2.87. The molecule has 0 amide bonds. The summed E-state index contributed by atoms with van der Waals surface area (Å²) in [7, 11) is 1.78. The molecule has 140 valence electrons. The number of aryl methyl sites for hydroxylation is 1. The van der Waals surface area contributed by atoms with Crippen LogP contribution in [-0.4, -0.2) is 32.8 Å². The molecular weight excluding hydrogens is 364 g/mol. The first-order valence-electron chi connectivity index (χ1n) is 8.80. The van der Waals surface area contributed by atoms with Crippen LogP contribution in [0.1, 0.15) is 39.3 Å². The van der Waals surface area contributed by atoms with E-state index in [0.29, 0.717) is 28.4 Å². The van der Waals surface area contributed by atoms with Gasteiger partial charge in [0.15, 0.2) is 5.78 Å². The minimum Gasteiger partial charge on any atom is -0.376 e. The number of halogens is 2.